The molecule has 0 aromatic heterocycles. The van der Waals surface area contributed by atoms with Crippen LogP contribution < -0.4 is 10.6 Å². The summed E-state index contributed by atoms with van der Waals surface area (Å²) in [5.41, 5.74) is -0.391. The molecule has 1 saturated heterocycles. The maximum atomic E-state index is 11.4. The van der Waals surface area contributed by atoms with Crippen molar-refractivity contribution in [2.75, 3.05) is 13.2 Å². The van der Waals surface area contributed by atoms with Gasteiger partial charge in [0.1, 0.15) is 0 Å². The summed E-state index contributed by atoms with van der Waals surface area (Å²) in [7, 11) is 0. The quantitative estimate of drug-likeness (QED) is 0.663. The second-order valence-corrected chi connectivity index (χ2v) is 5.05. The number of carbonyl (C=O) groups is 2. The van der Waals surface area contributed by atoms with Crippen LogP contribution in [0.1, 0.15) is 33.6 Å². The third-order valence-electron chi connectivity index (χ3n) is 2.21. The van der Waals surface area contributed by atoms with Crippen molar-refractivity contribution < 1.29 is 14.3 Å². The van der Waals surface area contributed by atoms with Gasteiger partial charge in [0.15, 0.2) is 0 Å². The van der Waals surface area contributed by atoms with Gasteiger partial charge in [-0.15, -0.1) is 0 Å². The van der Waals surface area contributed by atoms with E-state index in [9.17, 15) is 9.59 Å². The van der Waals surface area contributed by atoms with E-state index >= 15 is 0 Å². The first-order chi connectivity index (χ1) is 7.38. The van der Waals surface area contributed by atoms with Crippen LogP contribution in [0.4, 0.5) is 0 Å². The molecule has 0 aromatic carbocycles. The van der Waals surface area contributed by atoms with E-state index in [1.54, 1.807) is 0 Å². The molecule has 1 aliphatic rings. The number of ether oxygens (including phenoxy) is 1. The second kappa shape index (κ2) is 5.30. The Kier molecular flexibility index (Phi) is 4.29. The fourth-order valence-corrected chi connectivity index (χ4v) is 1.49. The maximum absolute atomic E-state index is 11.4. The van der Waals surface area contributed by atoms with E-state index in [1.165, 1.54) is 0 Å². The van der Waals surface area contributed by atoms with Crippen LogP contribution in [0.15, 0.2) is 0 Å². The van der Waals surface area contributed by atoms with Crippen LogP contribution in [0.2, 0.25) is 0 Å². The number of carbonyl (C=O) groups excluding carboxylic acids is 2. The molecule has 1 rings (SSSR count). The summed E-state index contributed by atoms with van der Waals surface area (Å²) in [6, 6.07) is 0. The topological polar surface area (TPSA) is 67.4 Å². The van der Waals surface area contributed by atoms with E-state index < -0.39 is 17.4 Å². The molecule has 2 N–H and O–H groups in total. The average molecular weight is 228 g/mol. The zero-order valence-electron chi connectivity index (χ0n) is 10.1. The molecule has 0 aromatic rings. The van der Waals surface area contributed by atoms with Gasteiger partial charge in [0.05, 0.1) is 6.10 Å². The molecule has 0 spiro atoms. The molecule has 1 atom stereocenters. The van der Waals surface area contributed by atoms with Gasteiger partial charge in [0.25, 0.3) is 0 Å². The van der Waals surface area contributed by atoms with Crippen molar-refractivity contribution in [2.24, 2.45) is 0 Å². The summed E-state index contributed by atoms with van der Waals surface area (Å²) in [6.07, 6.45) is 2.03. The predicted octanol–water partition coefficient (Wildman–Crippen LogP) is 0.196. The Labute approximate surface area is 95.9 Å². The van der Waals surface area contributed by atoms with Gasteiger partial charge in [-0.3, -0.25) is 9.59 Å². The molecule has 5 nitrogen and oxygen atoms in total. The van der Waals surface area contributed by atoms with Crippen LogP contribution >= 0.6 is 0 Å². The van der Waals surface area contributed by atoms with Gasteiger partial charge < -0.3 is 15.4 Å². The molecule has 5 heteroatoms. The molecule has 0 aliphatic carbocycles. The number of amides is 2. The highest BCUT2D eigenvalue weighted by Crippen LogP contribution is 2.10. The van der Waals surface area contributed by atoms with E-state index in [2.05, 4.69) is 10.6 Å². The second-order valence-electron chi connectivity index (χ2n) is 5.05. The summed E-state index contributed by atoms with van der Waals surface area (Å²) < 4.78 is 5.34. The van der Waals surface area contributed by atoms with Crippen molar-refractivity contribution in [1.82, 2.24) is 10.6 Å². The van der Waals surface area contributed by atoms with Gasteiger partial charge in [-0.25, -0.2) is 0 Å². The number of hydrogen-bond acceptors (Lipinski definition) is 3. The molecule has 0 saturated carbocycles. The van der Waals surface area contributed by atoms with Crippen LogP contribution in [-0.4, -0.2) is 36.6 Å². The van der Waals surface area contributed by atoms with Crippen molar-refractivity contribution in [3.63, 3.8) is 0 Å². The van der Waals surface area contributed by atoms with Crippen LogP contribution in [0.5, 0.6) is 0 Å². The Morgan fingerprint density at radius 1 is 1.31 bits per heavy atom. The lowest BCUT2D eigenvalue weighted by atomic mass is 10.1. The van der Waals surface area contributed by atoms with Crippen LogP contribution in [-0.2, 0) is 14.3 Å². The largest absolute Gasteiger partial charge is 0.376 e. The Balaban J connectivity index is 2.26. The van der Waals surface area contributed by atoms with Crippen LogP contribution in [0.3, 0.4) is 0 Å². The molecule has 0 bridgehead atoms. The Bertz CT molecular complexity index is 265. The maximum Gasteiger partial charge on any atom is 0.309 e. The molecular weight excluding hydrogens is 208 g/mol. The number of hydrogen-bond donors (Lipinski definition) is 2. The van der Waals surface area contributed by atoms with Crippen molar-refractivity contribution in [3.05, 3.63) is 0 Å². The molecular formula is C11H20N2O3. The Hall–Kier alpha value is -1.10. The van der Waals surface area contributed by atoms with Gasteiger partial charge in [-0.05, 0) is 33.6 Å². The summed E-state index contributed by atoms with van der Waals surface area (Å²) in [6.45, 7) is 6.65. The zero-order valence-corrected chi connectivity index (χ0v) is 10.1. The minimum atomic E-state index is -0.592. The van der Waals surface area contributed by atoms with Gasteiger partial charge in [0, 0.05) is 18.7 Å². The minimum absolute atomic E-state index is 0.0615. The predicted molar refractivity (Wildman–Crippen MR) is 59.9 cm³/mol. The number of rotatable bonds is 2. The highest BCUT2D eigenvalue weighted by molar-refractivity contribution is 6.35. The lowest BCUT2D eigenvalue weighted by Crippen LogP contribution is -2.49. The lowest BCUT2D eigenvalue weighted by Gasteiger charge is -2.20. The monoisotopic (exact) mass is 228 g/mol. The van der Waals surface area contributed by atoms with E-state index in [0.717, 1.165) is 19.4 Å². The Morgan fingerprint density at radius 2 is 2.00 bits per heavy atom. The first kappa shape index (κ1) is 13.0. The molecule has 1 fully saturated rings. The normalized spacial score (nSPS) is 20.6. The third kappa shape index (κ3) is 4.61. The SMILES string of the molecule is CC(C)(C)NC(=O)C(=O)NC[C@H]1CCCO1. The molecule has 16 heavy (non-hydrogen) atoms. The lowest BCUT2D eigenvalue weighted by molar-refractivity contribution is -0.140. The first-order valence-corrected chi connectivity index (χ1v) is 5.60. The molecule has 92 valence electrons. The van der Waals surface area contributed by atoms with Gasteiger partial charge in [-0.1, -0.05) is 0 Å². The van der Waals surface area contributed by atoms with Crippen LogP contribution in [0, 0.1) is 0 Å². The fourth-order valence-electron chi connectivity index (χ4n) is 1.49. The zero-order chi connectivity index (χ0) is 12.2. The molecule has 0 unspecified atom stereocenters. The highest BCUT2D eigenvalue weighted by Gasteiger charge is 2.22. The standard InChI is InChI=1S/C11H20N2O3/c1-11(2,3)13-10(15)9(14)12-7-8-5-4-6-16-8/h8H,4-7H2,1-3H3,(H,12,14)(H,13,15)/t8-/m1/s1. The van der Waals surface area contributed by atoms with Gasteiger partial charge in [-0.2, -0.15) is 0 Å². The van der Waals surface area contributed by atoms with E-state index in [-0.39, 0.29) is 6.10 Å². The van der Waals surface area contributed by atoms with Gasteiger partial charge in [0.2, 0.25) is 0 Å². The molecule has 0 radical (unpaired) electrons. The summed E-state index contributed by atoms with van der Waals surface area (Å²) >= 11 is 0. The number of nitrogens with one attached hydrogen (secondary N) is 2. The van der Waals surface area contributed by atoms with E-state index in [4.69, 9.17) is 4.74 Å². The molecule has 1 heterocycles. The first-order valence-electron chi connectivity index (χ1n) is 5.60. The summed E-state index contributed by atoms with van der Waals surface area (Å²) in [5.74, 6) is -1.18. The van der Waals surface area contributed by atoms with Crippen molar-refractivity contribution in [2.45, 2.75) is 45.3 Å². The van der Waals surface area contributed by atoms with E-state index in [1.807, 2.05) is 20.8 Å². The van der Waals surface area contributed by atoms with Crippen molar-refractivity contribution >= 4 is 11.8 Å². The summed E-state index contributed by atoms with van der Waals surface area (Å²) in [5, 5.41) is 5.17. The summed E-state index contributed by atoms with van der Waals surface area (Å²) in [4.78, 5) is 22.8. The third-order valence-corrected chi connectivity index (χ3v) is 2.21. The van der Waals surface area contributed by atoms with Crippen molar-refractivity contribution in [3.8, 4) is 0 Å². The Morgan fingerprint density at radius 3 is 2.50 bits per heavy atom. The fraction of sp³-hybridized carbons (Fsp3) is 0.818. The molecule has 1 aliphatic heterocycles. The van der Waals surface area contributed by atoms with Crippen LogP contribution in [0.25, 0.3) is 0 Å². The molecule has 2 amide bonds. The minimum Gasteiger partial charge on any atom is -0.376 e. The van der Waals surface area contributed by atoms with Crippen molar-refractivity contribution in [1.29, 1.82) is 0 Å². The smallest absolute Gasteiger partial charge is 0.309 e. The van der Waals surface area contributed by atoms with E-state index in [0.29, 0.717) is 6.54 Å². The van der Waals surface area contributed by atoms with Gasteiger partial charge >= 0.3 is 11.8 Å². The average Bonchev–Trinajstić information content (AvgIpc) is 2.63. The highest BCUT2D eigenvalue weighted by atomic mass is 16.5.